The van der Waals surface area contributed by atoms with Crippen molar-refractivity contribution in [3.63, 3.8) is 0 Å². The molecule has 6 heteroatoms. The molecule has 0 bridgehead atoms. The standard InChI is InChI=1S/C28H33N5O/c1-20(25-8-11-30-31-25)24-18-22(32-14-16-34-17-15-32)6-7-26(24)33-12-9-28(10-13-33)19-21-4-2-3-5-23(21)27(28)29/h2-8,11,18,27H,1,9-10,12-17,19,29H2,(H,30,31)/t27-/m1/s1. The van der Waals surface area contributed by atoms with E-state index in [2.05, 4.69) is 69.0 Å². The van der Waals surface area contributed by atoms with Crippen molar-refractivity contribution in [2.45, 2.75) is 25.3 Å². The highest BCUT2D eigenvalue weighted by Crippen LogP contribution is 2.51. The number of morpholine rings is 1. The second-order valence-corrected chi connectivity index (χ2v) is 9.95. The Hall–Kier alpha value is -3.09. The second kappa shape index (κ2) is 8.60. The third-order valence-corrected chi connectivity index (χ3v) is 8.20. The molecule has 6 nitrogen and oxygen atoms in total. The summed E-state index contributed by atoms with van der Waals surface area (Å²) in [4.78, 5) is 4.93. The van der Waals surface area contributed by atoms with Crippen LogP contribution in [-0.2, 0) is 11.2 Å². The molecule has 1 aromatic heterocycles. The van der Waals surface area contributed by atoms with Gasteiger partial charge in [0.05, 0.1) is 18.9 Å². The van der Waals surface area contributed by atoms with Gasteiger partial charge in [0, 0.05) is 60.9 Å². The molecule has 2 aromatic carbocycles. The fourth-order valence-electron chi connectivity index (χ4n) is 6.13. The zero-order valence-corrected chi connectivity index (χ0v) is 19.7. The Labute approximate surface area is 201 Å². The fraction of sp³-hybridized carbons (Fsp3) is 0.393. The molecule has 2 saturated heterocycles. The molecule has 1 atom stereocenters. The Bertz CT molecular complexity index is 1170. The first-order valence-electron chi connectivity index (χ1n) is 12.4. The third kappa shape index (κ3) is 3.62. The zero-order chi connectivity index (χ0) is 23.1. The van der Waals surface area contributed by atoms with Crippen molar-refractivity contribution in [1.29, 1.82) is 0 Å². The summed E-state index contributed by atoms with van der Waals surface area (Å²) in [5.41, 5.74) is 15.4. The van der Waals surface area contributed by atoms with Crippen LogP contribution in [0.3, 0.4) is 0 Å². The summed E-state index contributed by atoms with van der Waals surface area (Å²) < 4.78 is 5.56. The number of hydrogen-bond acceptors (Lipinski definition) is 5. The molecule has 3 aliphatic rings. The number of aromatic nitrogens is 2. The number of fused-ring (bicyclic) bond motifs is 1. The predicted octanol–water partition coefficient (Wildman–Crippen LogP) is 4.15. The molecule has 3 aromatic rings. The molecule has 2 fully saturated rings. The zero-order valence-electron chi connectivity index (χ0n) is 19.7. The normalized spacial score (nSPS) is 21.6. The Balaban J connectivity index is 1.28. The molecule has 6 rings (SSSR count). The summed E-state index contributed by atoms with van der Waals surface area (Å²) in [5, 5.41) is 7.26. The van der Waals surface area contributed by atoms with Crippen LogP contribution in [0, 0.1) is 5.41 Å². The molecule has 0 radical (unpaired) electrons. The molecule has 3 N–H and O–H groups in total. The molecule has 0 amide bonds. The lowest BCUT2D eigenvalue weighted by molar-refractivity contribution is 0.122. The van der Waals surface area contributed by atoms with Crippen LogP contribution in [0.5, 0.6) is 0 Å². The highest BCUT2D eigenvalue weighted by molar-refractivity contribution is 5.86. The van der Waals surface area contributed by atoms with E-state index in [1.54, 1.807) is 6.20 Å². The molecule has 34 heavy (non-hydrogen) atoms. The number of ether oxygens (including phenoxy) is 1. The third-order valence-electron chi connectivity index (χ3n) is 8.20. The van der Waals surface area contributed by atoms with Crippen molar-refractivity contribution in [1.82, 2.24) is 10.2 Å². The number of nitrogens with zero attached hydrogens (tertiary/aromatic N) is 3. The minimum atomic E-state index is 0.133. The number of nitrogens with two attached hydrogens (primary N) is 1. The Morgan fingerprint density at radius 3 is 2.56 bits per heavy atom. The van der Waals surface area contributed by atoms with E-state index in [4.69, 9.17) is 10.5 Å². The van der Waals surface area contributed by atoms with Crippen molar-refractivity contribution < 1.29 is 4.74 Å². The molecule has 0 unspecified atom stereocenters. The Morgan fingerprint density at radius 1 is 1.03 bits per heavy atom. The number of piperidine rings is 1. The van der Waals surface area contributed by atoms with Gasteiger partial charge in [-0.25, -0.2) is 0 Å². The van der Waals surface area contributed by atoms with Gasteiger partial charge >= 0.3 is 0 Å². The van der Waals surface area contributed by atoms with E-state index in [0.717, 1.165) is 69.9 Å². The summed E-state index contributed by atoms with van der Waals surface area (Å²) in [5.74, 6) is 0. The van der Waals surface area contributed by atoms with Gasteiger partial charge < -0.3 is 20.3 Å². The summed E-state index contributed by atoms with van der Waals surface area (Å²) in [6.07, 6.45) is 5.09. The van der Waals surface area contributed by atoms with Crippen molar-refractivity contribution >= 4 is 16.9 Å². The van der Waals surface area contributed by atoms with E-state index >= 15 is 0 Å². The van der Waals surface area contributed by atoms with Crippen molar-refractivity contribution in [3.05, 3.63) is 83.7 Å². The molecule has 1 spiro atoms. The van der Waals surface area contributed by atoms with E-state index in [0.29, 0.717) is 0 Å². The van der Waals surface area contributed by atoms with Crippen molar-refractivity contribution in [2.75, 3.05) is 49.2 Å². The quantitative estimate of drug-likeness (QED) is 0.619. The lowest BCUT2D eigenvalue weighted by Crippen LogP contribution is -2.44. The molecule has 0 saturated carbocycles. The van der Waals surface area contributed by atoms with Gasteiger partial charge in [-0.1, -0.05) is 30.8 Å². The topological polar surface area (TPSA) is 70.4 Å². The van der Waals surface area contributed by atoms with Gasteiger partial charge in [-0.3, -0.25) is 5.10 Å². The van der Waals surface area contributed by atoms with Crippen LogP contribution in [0.25, 0.3) is 5.57 Å². The van der Waals surface area contributed by atoms with Crippen LogP contribution in [0.15, 0.2) is 61.3 Å². The van der Waals surface area contributed by atoms with Crippen LogP contribution in [0.2, 0.25) is 0 Å². The number of rotatable bonds is 4. The van der Waals surface area contributed by atoms with Crippen LogP contribution >= 0.6 is 0 Å². The first kappa shape index (κ1) is 21.4. The van der Waals surface area contributed by atoms with E-state index < -0.39 is 0 Å². The van der Waals surface area contributed by atoms with Gasteiger partial charge in [0.25, 0.3) is 0 Å². The van der Waals surface area contributed by atoms with E-state index in [1.165, 1.54) is 28.1 Å². The lowest BCUT2D eigenvalue weighted by Gasteiger charge is -2.43. The number of hydrogen-bond donors (Lipinski definition) is 2. The SMILES string of the molecule is C=C(c1ccn[nH]1)c1cc(N2CCOCC2)ccc1N1CCC2(CC1)Cc1ccccc1[C@H]2N. The van der Waals surface area contributed by atoms with Gasteiger partial charge in [0.15, 0.2) is 0 Å². The van der Waals surface area contributed by atoms with Gasteiger partial charge in [-0.2, -0.15) is 5.10 Å². The number of aromatic amines is 1. The number of nitrogens with one attached hydrogen (secondary N) is 1. The monoisotopic (exact) mass is 455 g/mol. The van der Waals surface area contributed by atoms with Crippen LogP contribution in [-0.4, -0.2) is 49.6 Å². The first-order chi connectivity index (χ1) is 16.6. The van der Waals surface area contributed by atoms with Gasteiger partial charge in [0.1, 0.15) is 0 Å². The molecule has 1 aliphatic carbocycles. The molecule has 3 heterocycles. The number of H-pyrrole nitrogens is 1. The van der Waals surface area contributed by atoms with Crippen LogP contribution < -0.4 is 15.5 Å². The average Bonchev–Trinajstić information content (AvgIpc) is 3.52. The summed E-state index contributed by atoms with van der Waals surface area (Å²) in [7, 11) is 0. The Kier molecular flexibility index (Phi) is 5.42. The van der Waals surface area contributed by atoms with Crippen LogP contribution in [0.4, 0.5) is 11.4 Å². The highest BCUT2D eigenvalue weighted by atomic mass is 16.5. The maximum Gasteiger partial charge on any atom is 0.0650 e. The maximum atomic E-state index is 6.83. The largest absolute Gasteiger partial charge is 0.378 e. The lowest BCUT2D eigenvalue weighted by atomic mass is 9.73. The summed E-state index contributed by atoms with van der Waals surface area (Å²) in [6.45, 7) is 9.84. The fourth-order valence-corrected chi connectivity index (χ4v) is 6.13. The average molecular weight is 456 g/mol. The number of anilines is 2. The minimum absolute atomic E-state index is 0.133. The summed E-state index contributed by atoms with van der Waals surface area (Å²) >= 11 is 0. The molecule has 2 aliphatic heterocycles. The highest BCUT2D eigenvalue weighted by Gasteiger charge is 2.45. The smallest absolute Gasteiger partial charge is 0.0650 e. The van der Waals surface area contributed by atoms with E-state index in [-0.39, 0.29) is 11.5 Å². The predicted molar refractivity (Wildman–Crippen MR) is 137 cm³/mol. The van der Waals surface area contributed by atoms with Crippen molar-refractivity contribution in [3.8, 4) is 0 Å². The van der Waals surface area contributed by atoms with Crippen molar-refractivity contribution in [2.24, 2.45) is 11.1 Å². The van der Waals surface area contributed by atoms with Gasteiger partial charge in [-0.15, -0.1) is 0 Å². The van der Waals surface area contributed by atoms with Gasteiger partial charge in [0.2, 0.25) is 0 Å². The van der Waals surface area contributed by atoms with E-state index in [9.17, 15) is 0 Å². The molecular weight excluding hydrogens is 422 g/mol. The molecular formula is C28H33N5O. The number of benzene rings is 2. The second-order valence-electron chi connectivity index (χ2n) is 9.95. The first-order valence-corrected chi connectivity index (χ1v) is 12.4. The van der Waals surface area contributed by atoms with Crippen LogP contribution in [0.1, 0.15) is 41.3 Å². The Morgan fingerprint density at radius 2 is 1.82 bits per heavy atom. The summed E-state index contributed by atoms with van der Waals surface area (Å²) in [6, 6.07) is 17.7. The minimum Gasteiger partial charge on any atom is -0.378 e. The molecule has 176 valence electrons. The maximum absolute atomic E-state index is 6.83. The van der Waals surface area contributed by atoms with E-state index in [1.807, 2.05) is 6.07 Å². The van der Waals surface area contributed by atoms with Gasteiger partial charge in [-0.05, 0) is 60.1 Å².